The molecule has 6 heteroatoms. The molecular formula is C13H21N3O3. The summed E-state index contributed by atoms with van der Waals surface area (Å²) in [6, 6.07) is 0.991. The van der Waals surface area contributed by atoms with Crippen molar-refractivity contribution in [2.75, 3.05) is 26.2 Å². The lowest BCUT2D eigenvalue weighted by Crippen LogP contribution is -2.30. The lowest BCUT2D eigenvalue weighted by atomic mass is 10.2. The van der Waals surface area contributed by atoms with Gasteiger partial charge < -0.3 is 20.3 Å². The Morgan fingerprint density at radius 2 is 2.11 bits per heavy atom. The number of hydrogen-bond donors (Lipinski definition) is 3. The second-order valence-electron chi connectivity index (χ2n) is 4.23. The number of aromatic amines is 1. The number of nitrogens with one attached hydrogen (secondary N) is 2. The van der Waals surface area contributed by atoms with Gasteiger partial charge in [0.25, 0.3) is 11.5 Å². The molecule has 0 unspecified atom stereocenters. The van der Waals surface area contributed by atoms with Gasteiger partial charge in [0.2, 0.25) is 0 Å². The number of aromatic nitrogens is 1. The molecule has 0 fully saturated rings. The van der Waals surface area contributed by atoms with Gasteiger partial charge in [-0.15, -0.1) is 0 Å². The number of H-pyrrole nitrogens is 1. The Bertz CT molecular complexity index is 466. The quantitative estimate of drug-likeness (QED) is 0.630. The highest BCUT2D eigenvalue weighted by Gasteiger charge is 2.10. The summed E-state index contributed by atoms with van der Waals surface area (Å²) in [7, 11) is 0. The second kappa shape index (κ2) is 7.58. The van der Waals surface area contributed by atoms with Gasteiger partial charge in [-0.3, -0.25) is 9.59 Å². The maximum atomic E-state index is 11.8. The standard InChI is InChI=1S/C13H21N3O3/c1-3-16(4-2)7-5-6-14-13(19)10-9-15-12(18)8-11(10)17/h8-9H,3-7H2,1-2H3,(H,14,19)(H2,15,17,18). The molecule has 1 amide bonds. The first-order valence-electron chi connectivity index (χ1n) is 6.50. The van der Waals surface area contributed by atoms with Crippen LogP contribution in [-0.4, -0.2) is 47.1 Å². The Hall–Kier alpha value is -1.82. The van der Waals surface area contributed by atoms with Crippen molar-refractivity contribution >= 4 is 5.91 Å². The average Bonchev–Trinajstić information content (AvgIpc) is 2.38. The van der Waals surface area contributed by atoms with Gasteiger partial charge in [-0.2, -0.15) is 0 Å². The molecule has 1 heterocycles. The molecule has 1 aromatic rings. The maximum absolute atomic E-state index is 11.8. The highest BCUT2D eigenvalue weighted by Crippen LogP contribution is 2.11. The van der Waals surface area contributed by atoms with Gasteiger partial charge in [0.05, 0.1) is 5.56 Å². The smallest absolute Gasteiger partial charge is 0.256 e. The summed E-state index contributed by atoms with van der Waals surface area (Å²) in [4.78, 5) is 27.3. The number of hydrogen-bond acceptors (Lipinski definition) is 4. The van der Waals surface area contributed by atoms with Crippen LogP contribution in [0, 0.1) is 0 Å². The van der Waals surface area contributed by atoms with E-state index in [4.69, 9.17) is 0 Å². The van der Waals surface area contributed by atoms with Crippen LogP contribution in [0.15, 0.2) is 17.1 Å². The van der Waals surface area contributed by atoms with E-state index in [0.717, 1.165) is 32.1 Å². The number of pyridine rings is 1. The number of carbonyl (C=O) groups excluding carboxylic acids is 1. The third-order valence-electron chi connectivity index (χ3n) is 2.98. The van der Waals surface area contributed by atoms with Crippen LogP contribution >= 0.6 is 0 Å². The Morgan fingerprint density at radius 3 is 2.68 bits per heavy atom. The molecule has 0 radical (unpaired) electrons. The molecule has 6 nitrogen and oxygen atoms in total. The Labute approximate surface area is 112 Å². The van der Waals surface area contributed by atoms with E-state index in [9.17, 15) is 14.7 Å². The topological polar surface area (TPSA) is 85.4 Å². The van der Waals surface area contributed by atoms with Gasteiger partial charge in [0.15, 0.2) is 0 Å². The normalized spacial score (nSPS) is 10.7. The summed E-state index contributed by atoms with van der Waals surface area (Å²) in [6.07, 6.45) is 2.06. The van der Waals surface area contributed by atoms with Crippen molar-refractivity contribution in [1.82, 2.24) is 15.2 Å². The molecule has 0 saturated carbocycles. The minimum Gasteiger partial charge on any atom is -0.507 e. The highest BCUT2D eigenvalue weighted by atomic mass is 16.3. The molecule has 19 heavy (non-hydrogen) atoms. The monoisotopic (exact) mass is 267 g/mol. The van der Waals surface area contributed by atoms with Crippen LogP contribution in [0.5, 0.6) is 5.75 Å². The van der Waals surface area contributed by atoms with Gasteiger partial charge in [-0.05, 0) is 26.1 Å². The average molecular weight is 267 g/mol. The Morgan fingerprint density at radius 1 is 1.42 bits per heavy atom. The van der Waals surface area contributed by atoms with Crippen molar-refractivity contribution in [2.45, 2.75) is 20.3 Å². The largest absolute Gasteiger partial charge is 0.507 e. The summed E-state index contributed by atoms with van der Waals surface area (Å²) in [5, 5.41) is 12.2. The summed E-state index contributed by atoms with van der Waals surface area (Å²) in [6.45, 7) is 7.63. The fourth-order valence-corrected chi connectivity index (χ4v) is 1.78. The number of amides is 1. The van der Waals surface area contributed by atoms with E-state index in [1.165, 1.54) is 6.20 Å². The van der Waals surface area contributed by atoms with Crippen LogP contribution in [-0.2, 0) is 0 Å². The van der Waals surface area contributed by atoms with E-state index in [1.54, 1.807) is 0 Å². The molecule has 106 valence electrons. The molecule has 3 N–H and O–H groups in total. The summed E-state index contributed by atoms with van der Waals surface area (Å²) in [5.74, 6) is -0.682. The van der Waals surface area contributed by atoms with E-state index >= 15 is 0 Å². The van der Waals surface area contributed by atoms with Crippen LogP contribution in [0.25, 0.3) is 0 Å². The zero-order valence-corrected chi connectivity index (χ0v) is 11.4. The van der Waals surface area contributed by atoms with Crippen LogP contribution in [0.2, 0.25) is 0 Å². The van der Waals surface area contributed by atoms with E-state index in [0.29, 0.717) is 6.54 Å². The fraction of sp³-hybridized carbons (Fsp3) is 0.538. The second-order valence-corrected chi connectivity index (χ2v) is 4.23. The molecule has 0 spiro atoms. The summed E-state index contributed by atoms with van der Waals surface area (Å²) in [5.41, 5.74) is -0.349. The molecule has 1 rings (SSSR count). The summed E-state index contributed by atoms with van der Waals surface area (Å²) < 4.78 is 0. The van der Waals surface area contributed by atoms with Crippen LogP contribution in [0.1, 0.15) is 30.6 Å². The lowest BCUT2D eigenvalue weighted by Gasteiger charge is -2.17. The zero-order chi connectivity index (χ0) is 14.3. The molecule has 0 saturated heterocycles. The lowest BCUT2D eigenvalue weighted by molar-refractivity contribution is 0.0948. The Kier molecular flexibility index (Phi) is 6.08. The minimum absolute atomic E-state index is 0.0856. The molecule has 1 aromatic heterocycles. The first kappa shape index (κ1) is 15.2. The fourth-order valence-electron chi connectivity index (χ4n) is 1.78. The van der Waals surface area contributed by atoms with Crippen LogP contribution in [0.3, 0.4) is 0 Å². The van der Waals surface area contributed by atoms with Crippen molar-refractivity contribution in [3.8, 4) is 5.75 Å². The van der Waals surface area contributed by atoms with Crippen molar-refractivity contribution in [1.29, 1.82) is 0 Å². The number of nitrogens with zero attached hydrogens (tertiary/aromatic N) is 1. The van der Waals surface area contributed by atoms with Crippen LogP contribution < -0.4 is 10.9 Å². The van der Waals surface area contributed by atoms with Gasteiger partial charge in [0, 0.05) is 18.8 Å². The van der Waals surface area contributed by atoms with Crippen LogP contribution in [0.4, 0.5) is 0 Å². The number of carbonyl (C=O) groups is 1. The Balaban J connectivity index is 2.41. The number of rotatable bonds is 7. The SMILES string of the molecule is CCN(CC)CCCNC(=O)c1c[nH]c(=O)cc1O. The van der Waals surface area contributed by atoms with Gasteiger partial charge >= 0.3 is 0 Å². The third kappa shape index (κ3) is 4.75. The summed E-state index contributed by atoms with van der Waals surface area (Å²) >= 11 is 0. The maximum Gasteiger partial charge on any atom is 0.256 e. The molecule has 0 aliphatic carbocycles. The first-order chi connectivity index (χ1) is 9.08. The van der Waals surface area contributed by atoms with E-state index < -0.39 is 5.56 Å². The van der Waals surface area contributed by atoms with E-state index in [1.807, 2.05) is 0 Å². The zero-order valence-electron chi connectivity index (χ0n) is 11.4. The van der Waals surface area contributed by atoms with Crippen molar-refractivity contribution in [2.24, 2.45) is 0 Å². The predicted molar refractivity (Wildman–Crippen MR) is 73.5 cm³/mol. The molecule has 0 bridgehead atoms. The van der Waals surface area contributed by atoms with Gasteiger partial charge in [-0.1, -0.05) is 13.8 Å². The molecular weight excluding hydrogens is 246 g/mol. The predicted octanol–water partition coefficient (Wildman–Crippen LogP) is 0.542. The molecule has 0 aliphatic heterocycles. The van der Waals surface area contributed by atoms with Crippen molar-refractivity contribution in [3.05, 3.63) is 28.2 Å². The first-order valence-corrected chi connectivity index (χ1v) is 6.50. The molecule has 0 atom stereocenters. The van der Waals surface area contributed by atoms with E-state index in [-0.39, 0.29) is 17.2 Å². The van der Waals surface area contributed by atoms with E-state index in [2.05, 4.69) is 29.0 Å². The highest BCUT2D eigenvalue weighted by molar-refractivity contribution is 5.96. The molecule has 0 aliphatic rings. The number of aromatic hydroxyl groups is 1. The third-order valence-corrected chi connectivity index (χ3v) is 2.98. The van der Waals surface area contributed by atoms with Crippen molar-refractivity contribution < 1.29 is 9.90 Å². The molecule has 0 aromatic carbocycles. The van der Waals surface area contributed by atoms with Gasteiger partial charge in [0.1, 0.15) is 5.75 Å². The van der Waals surface area contributed by atoms with Crippen molar-refractivity contribution in [3.63, 3.8) is 0 Å². The van der Waals surface area contributed by atoms with Gasteiger partial charge in [-0.25, -0.2) is 0 Å². The minimum atomic E-state index is -0.435.